The summed E-state index contributed by atoms with van der Waals surface area (Å²) in [5.41, 5.74) is 0.968. The lowest BCUT2D eigenvalue weighted by Crippen LogP contribution is -2.55. The first-order valence-corrected chi connectivity index (χ1v) is 8.20. The van der Waals surface area contributed by atoms with Crippen LogP contribution in [0.3, 0.4) is 0 Å². The Labute approximate surface area is 137 Å². The van der Waals surface area contributed by atoms with Crippen molar-refractivity contribution in [2.75, 3.05) is 32.8 Å². The van der Waals surface area contributed by atoms with Gasteiger partial charge in [-0.1, -0.05) is 29.8 Å². The summed E-state index contributed by atoms with van der Waals surface area (Å²) >= 11 is 6.11. The van der Waals surface area contributed by atoms with Crippen LogP contribution in [0.5, 0.6) is 0 Å². The lowest BCUT2D eigenvalue weighted by molar-refractivity contribution is -0.121. The van der Waals surface area contributed by atoms with Crippen molar-refractivity contribution in [3.63, 3.8) is 0 Å². The lowest BCUT2D eigenvalue weighted by atomic mass is 10.0. The van der Waals surface area contributed by atoms with Crippen LogP contribution in [0.15, 0.2) is 24.3 Å². The van der Waals surface area contributed by atoms with E-state index in [4.69, 9.17) is 16.3 Å². The highest BCUT2D eigenvalue weighted by Crippen LogP contribution is 2.17. The van der Waals surface area contributed by atoms with Crippen molar-refractivity contribution in [2.45, 2.75) is 32.2 Å². The smallest absolute Gasteiger partial charge is 0.220 e. The summed E-state index contributed by atoms with van der Waals surface area (Å²) in [6, 6.07) is 7.67. The van der Waals surface area contributed by atoms with E-state index in [1.807, 2.05) is 24.3 Å². The zero-order chi connectivity index (χ0) is 16.0. The fourth-order valence-corrected chi connectivity index (χ4v) is 2.86. The van der Waals surface area contributed by atoms with E-state index in [-0.39, 0.29) is 11.4 Å². The molecule has 5 heteroatoms. The van der Waals surface area contributed by atoms with E-state index >= 15 is 0 Å². The molecule has 1 fully saturated rings. The Morgan fingerprint density at radius 1 is 1.32 bits per heavy atom. The van der Waals surface area contributed by atoms with Gasteiger partial charge in [-0.2, -0.15) is 0 Å². The summed E-state index contributed by atoms with van der Waals surface area (Å²) in [6.45, 7) is 8.34. The molecule has 0 saturated carbocycles. The van der Waals surface area contributed by atoms with Crippen LogP contribution in [0.1, 0.15) is 25.8 Å². The molecule has 0 atom stereocenters. The first-order chi connectivity index (χ1) is 10.5. The van der Waals surface area contributed by atoms with Crippen molar-refractivity contribution >= 4 is 17.5 Å². The Morgan fingerprint density at radius 2 is 2.00 bits per heavy atom. The number of halogens is 1. The van der Waals surface area contributed by atoms with Crippen LogP contribution in [-0.4, -0.2) is 49.2 Å². The third kappa shape index (κ3) is 4.97. The molecule has 4 nitrogen and oxygen atoms in total. The largest absolute Gasteiger partial charge is 0.379 e. The van der Waals surface area contributed by atoms with Crippen molar-refractivity contribution in [1.29, 1.82) is 0 Å². The summed E-state index contributed by atoms with van der Waals surface area (Å²) in [5.74, 6) is 0.0706. The van der Waals surface area contributed by atoms with Gasteiger partial charge in [-0.05, 0) is 31.9 Å². The highest BCUT2D eigenvalue weighted by atomic mass is 35.5. The average Bonchev–Trinajstić information content (AvgIpc) is 2.53. The quantitative estimate of drug-likeness (QED) is 0.874. The van der Waals surface area contributed by atoms with Gasteiger partial charge in [0.05, 0.1) is 13.2 Å². The summed E-state index contributed by atoms with van der Waals surface area (Å²) in [5, 5.41) is 3.77. The molecule has 0 unspecified atom stereocenters. The standard InChI is InChI=1S/C17H25ClN2O2/c1-17(2,20-9-11-22-12-10-20)13-19-16(21)8-7-14-5-3-4-6-15(14)18/h3-6H,7-13H2,1-2H3,(H,19,21). The van der Waals surface area contributed by atoms with Crippen molar-refractivity contribution in [2.24, 2.45) is 0 Å². The van der Waals surface area contributed by atoms with Gasteiger partial charge in [-0.25, -0.2) is 0 Å². The van der Waals surface area contributed by atoms with Crippen LogP contribution in [0.4, 0.5) is 0 Å². The number of nitrogens with one attached hydrogen (secondary N) is 1. The summed E-state index contributed by atoms with van der Waals surface area (Å²) < 4.78 is 5.38. The predicted molar refractivity (Wildman–Crippen MR) is 89.3 cm³/mol. The molecule has 1 aliphatic rings. The first-order valence-electron chi connectivity index (χ1n) is 7.82. The van der Waals surface area contributed by atoms with Gasteiger partial charge in [0.15, 0.2) is 0 Å². The Kier molecular flexibility index (Phi) is 6.24. The predicted octanol–water partition coefficient (Wildman–Crippen LogP) is 2.50. The Bertz CT molecular complexity index is 499. The minimum Gasteiger partial charge on any atom is -0.379 e. The van der Waals surface area contributed by atoms with E-state index < -0.39 is 0 Å². The molecule has 1 saturated heterocycles. The SMILES string of the molecule is CC(C)(CNC(=O)CCc1ccccc1Cl)N1CCOCC1. The van der Waals surface area contributed by atoms with Crippen molar-refractivity contribution in [1.82, 2.24) is 10.2 Å². The third-order valence-electron chi connectivity index (χ3n) is 4.16. The molecule has 22 heavy (non-hydrogen) atoms. The van der Waals surface area contributed by atoms with Gasteiger partial charge in [-0.15, -0.1) is 0 Å². The maximum atomic E-state index is 12.1. The van der Waals surface area contributed by atoms with Crippen LogP contribution in [0, 0.1) is 0 Å². The average molecular weight is 325 g/mol. The Morgan fingerprint density at radius 3 is 2.68 bits per heavy atom. The molecule has 1 aromatic rings. The zero-order valence-corrected chi connectivity index (χ0v) is 14.2. The van der Waals surface area contributed by atoms with Gasteiger partial charge in [0.1, 0.15) is 0 Å². The Hall–Kier alpha value is -1.10. The Balaban J connectivity index is 1.76. The molecule has 1 aromatic carbocycles. The number of benzene rings is 1. The number of morpholine rings is 1. The zero-order valence-electron chi connectivity index (χ0n) is 13.4. The lowest BCUT2D eigenvalue weighted by Gasteiger charge is -2.40. The number of amides is 1. The number of ether oxygens (including phenoxy) is 1. The van der Waals surface area contributed by atoms with E-state index in [1.165, 1.54) is 0 Å². The van der Waals surface area contributed by atoms with Crippen LogP contribution >= 0.6 is 11.6 Å². The van der Waals surface area contributed by atoms with E-state index in [0.29, 0.717) is 19.4 Å². The molecule has 1 heterocycles. The van der Waals surface area contributed by atoms with Crippen molar-refractivity contribution in [3.8, 4) is 0 Å². The molecule has 0 spiro atoms. The molecular formula is C17H25ClN2O2. The molecular weight excluding hydrogens is 300 g/mol. The van der Waals surface area contributed by atoms with E-state index in [9.17, 15) is 4.79 Å². The summed E-state index contributed by atoms with van der Waals surface area (Å²) in [4.78, 5) is 14.4. The maximum Gasteiger partial charge on any atom is 0.220 e. The van der Waals surface area contributed by atoms with E-state index in [1.54, 1.807) is 0 Å². The molecule has 122 valence electrons. The number of hydrogen-bond acceptors (Lipinski definition) is 3. The number of nitrogens with zero attached hydrogens (tertiary/aromatic N) is 1. The molecule has 0 aliphatic carbocycles. The monoisotopic (exact) mass is 324 g/mol. The maximum absolute atomic E-state index is 12.1. The van der Waals surface area contributed by atoms with Crippen LogP contribution in [-0.2, 0) is 16.0 Å². The fraction of sp³-hybridized carbons (Fsp3) is 0.588. The van der Waals surface area contributed by atoms with Crippen molar-refractivity contribution < 1.29 is 9.53 Å². The molecule has 1 amide bonds. The number of rotatable bonds is 6. The topological polar surface area (TPSA) is 41.6 Å². The van der Waals surface area contributed by atoms with Gasteiger partial charge in [0.25, 0.3) is 0 Å². The molecule has 0 radical (unpaired) electrons. The number of carbonyl (C=O) groups excluding carboxylic acids is 1. The van der Waals surface area contributed by atoms with E-state index in [2.05, 4.69) is 24.1 Å². The summed E-state index contributed by atoms with van der Waals surface area (Å²) in [7, 11) is 0. The molecule has 0 aromatic heterocycles. The fourth-order valence-electron chi connectivity index (χ4n) is 2.63. The van der Waals surface area contributed by atoms with Gasteiger partial charge in [0, 0.05) is 36.6 Å². The second-order valence-corrected chi connectivity index (χ2v) is 6.69. The second kappa shape index (κ2) is 7.95. The van der Waals surface area contributed by atoms with Crippen molar-refractivity contribution in [3.05, 3.63) is 34.9 Å². The van der Waals surface area contributed by atoms with E-state index in [0.717, 1.165) is 36.9 Å². The van der Waals surface area contributed by atoms with Crippen LogP contribution < -0.4 is 5.32 Å². The molecule has 0 bridgehead atoms. The first kappa shape index (κ1) is 17.3. The molecule has 2 rings (SSSR count). The summed E-state index contributed by atoms with van der Waals surface area (Å²) in [6.07, 6.45) is 1.13. The minimum absolute atomic E-state index is 0.0518. The highest BCUT2D eigenvalue weighted by molar-refractivity contribution is 6.31. The van der Waals surface area contributed by atoms with Crippen LogP contribution in [0.25, 0.3) is 0 Å². The van der Waals surface area contributed by atoms with Gasteiger partial charge in [-0.3, -0.25) is 9.69 Å². The van der Waals surface area contributed by atoms with Gasteiger partial charge in [0.2, 0.25) is 5.91 Å². The number of carbonyl (C=O) groups is 1. The van der Waals surface area contributed by atoms with Crippen LogP contribution in [0.2, 0.25) is 5.02 Å². The number of hydrogen-bond donors (Lipinski definition) is 1. The van der Waals surface area contributed by atoms with Gasteiger partial charge < -0.3 is 10.1 Å². The second-order valence-electron chi connectivity index (χ2n) is 6.28. The number of aryl methyl sites for hydroxylation is 1. The normalized spacial score (nSPS) is 16.5. The third-order valence-corrected chi connectivity index (χ3v) is 4.53. The molecule has 1 aliphatic heterocycles. The minimum atomic E-state index is -0.0518. The molecule has 1 N–H and O–H groups in total. The van der Waals surface area contributed by atoms with Gasteiger partial charge >= 0.3 is 0 Å². The highest BCUT2D eigenvalue weighted by Gasteiger charge is 2.28.